The molecule has 0 saturated carbocycles. The van der Waals surface area contributed by atoms with E-state index >= 15 is 0 Å². The van der Waals surface area contributed by atoms with Crippen LogP contribution in [0.15, 0.2) is 18.2 Å². The van der Waals surface area contributed by atoms with E-state index in [-0.39, 0.29) is 5.91 Å². The van der Waals surface area contributed by atoms with Crippen molar-refractivity contribution in [2.45, 2.75) is 13.3 Å². The largest absolute Gasteiger partial charge is 0.328 e. The molecule has 1 aliphatic rings. The molecule has 0 bridgehead atoms. The van der Waals surface area contributed by atoms with E-state index < -0.39 is 6.03 Å². The number of hydrogen-bond acceptors (Lipinski definition) is 2. The number of amides is 3. The zero-order chi connectivity index (χ0) is 11.7. The van der Waals surface area contributed by atoms with Crippen molar-refractivity contribution in [3.63, 3.8) is 0 Å². The van der Waals surface area contributed by atoms with E-state index in [9.17, 15) is 9.59 Å². The molecule has 84 valence electrons. The van der Waals surface area contributed by atoms with Crippen LogP contribution in [0.4, 0.5) is 10.5 Å². The van der Waals surface area contributed by atoms with Crippen molar-refractivity contribution in [3.05, 3.63) is 28.8 Å². The maximum atomic E-state index is 11.6. The Morgan fingerprint density at radius 1 is 1.38 bits per heavy atom. The standard InChI is InChI=1S/C11H11ClN2O2/c1-7-3-2-4-8(12)10(7)14-6-5-9(15)13-11(14)16/h2-4H,5-6H2,1H3,(H,13,15,16). The number of halogens is 1. The van der Waals surface area contributed by atoms with Crippen LogP contribution in [-0.2, 0) is 4.79 Å². The number of nitrogens with one attached hydrogen (secondary N) is 1. The molecule has 1 heterocycles. The second-order valence-electron chi connectivity index (χ2n) is 3.66. The molecule has 4 nitrogen and oxygen atoms in total. The summed E-state index contributed by atoms with van der Waals surface area (Å²) in [5.74, 6) is -0.244. The summed E-state index contributed by atoms with van der Waals surface area (Å²) in [6.07, 6.45) is 0.302. The predicted octanol–water partition coefficient (Wildman–Crippen LogP) is 2.09. The van der Waals surface area contributed by atoms with Gasteiger partial charge in [-0.2, -0.15) is 0 Å². The zero-order valence-corrected chi connectivity index (χ0v) is 9.54. The molecule has 5 heteroatoms. The fraction of sp³-hybridized carbons (Fsp3) is 0.273. The lowest BCUT2D eigenvalue weighted by atomic mass is 10.1. The molecule has 0 aromatic heterocycles. The second-order valence-corrected chi connectivity index (χ2v) is 4.07. The van der Waals surface area contributed by atoms with E-state index in [1.807, 2.05) is 19.1 Å². The Bertz CT molecular complexity index is 439. The lowest BCUT2D eigenvalue weighted by Gasteiger charge is -2.28. The van der Waals surface area contributed by atoms with E-state index in [1.54, 1.807) is 6.07 Å². The summed E-state index contributed by atoms with van der Waals surface area (Å²) in [6, 6.07) is 5.03. The first-order valence-corrected chi connectivity index (χ1v) is 5.34. The Kier molecular flexibility index (Phi) is 2.83. The minimum atomic E-state index is -0.410. The fourth-order valence-electron chi connectivity index (χ4n) is 1.74. The van der Waals surface area contributed by atoms with Crippen molar-refractivity contribution in [1.82, 2.24) is 5.32 Å². The summed E-state index contributed by atoms with van der Waals surface area (Å²) in [5, 5.41) is 2.79. The van der Waals surface area contributed by atoms with Gasteiger partial charge in [-0.1, -0.05) is 23.7 Å². The summed E-state index contributed by atoms with van der Waals surface area (Å²) >= 11 is 6.06. The number of aryl methyl sites for hydroxylation is 1. The normalized spacial score (nSPS) is 16.2. The molecular formula is C11H11ClN2O2. The molecule has 1 aliphatic heterocycles. The van der Waals surface area contributed by atoms with Crippen molar-refractivity contribution < 1.29 is 9.59 Å². The first-order valence-electron chi connectivity index (χ1n) is 4.96. The minimum Gasteiger partial charge on any atom is -0.292 e. The number of carbonyl (C=O) groups excluding carboxylic acids is 2. The van der Waals surface area contributed by atoms with E-state index in [0.29, 0.717) is 23.7 Å². The van der Waals surface area contributed by atoms with Gasteiger partial charge in [0.15, 0.2) is 0 Å². The van der Waals surface area contributed by atoms with Crippen LogP contribution in [0.25, 0.3) is 0 Å². The maximum Gasteiger partial charge on any atom is 0.328 e. The third-order valence-electron chi connectivity index (χ3n) is 2.51. The lowest BCUT2D eigenvalue weighted by molar-refractivity contribution is -0.120. The zero-order valence-electron chi connectivity index (χ0n) is 8.79. The molecule has 16 heavy (non-hydrogen) atoms. The SMILES string of the molecule is Cc1cccc(Cl)c1N1CCC(=O)NC1=O. The first kappa shape index (κ1) is 11.0. The molecule has 0 unspecified atom stereocenters. The van der Waals surface area contributed by atoms with Gasteiger partial charge in [0, 0.05) is 13.0 Å². The average Bonchev–Trinajstić information content (AvgIpc) is 2.20. The van der Waals surface area contributed by atoms with Gasteiger partial charge in [0.25, 0.3) is 0 Å². The Balaban J connectivity index is 2.37. The van der Waals surface area contributed by atoms with Crippen LogP contribution in [0.3, 0.4) is 0 Å². The van der Waals surface area contributed by atoms with Crippen LogP contribution in [0.5, 0.6) is 0 Å². The molecule has 3 amide bonds. The average molecular weight is 239 g/mol. The summed E-state index contributed by atoms with van der Waals surface area (Å²) in [6.45, 7) is 2.25. The Hall–Kier alpha value is -1.55. The molecule has 1 N–H and O–H groups in total. The van der Waals surface area contributed by atoms with Gasteiger partial charge in [-0.25, -0.2) is 4.79 Å². The van der Waals surface area contributed by atoms with Gasteiger partial charge in [-0.15, -0.1) is 0 Å². The molecule has 1 saturated heterocycles. The number of para-hydroxylation sites is 1. The number of carbonyl (C=O) groups is 2. The van der Waals surface area contributed by atoms with Gasteiger partial charge in [0.2, 0.25) is 5.91 Å². The number of hydrogen-bond donors (Lipinski definition) is 1. The van der Waals surface area contributed by atoms with Crippen LogP contribution in [0.1, 0.15) is 12.0 Å². The number of benzene rings is 1. The number of urea groups is 1. The van der Waals surface area contributed by atoms with Crippen LogP contribution in [-0.4, -0.2) is 18.5 Å². The first-order chi connectivity index (χ1) is 7.59. The number of nitrogens with zero attached hydrogens (tertiary/aromatic N) is 1. The van der Waals surface area contributed by atoms with E-state index in [1.165, 1.54) is 4.90 Å². The summed E-state index contributed by atoms with van der Waals surface area (Å²) < 4.78 is 0. The van der Waals surface area contributed by atoms with Crippen LogP contribution in [0.2, 0.25) is 5.02 Å². The maximum absolute atomic E-state index is 11.6. The van der Waals surface area contributed by atoms with Crippen molar-refractivity contribution in [2.24, 2.45) is 0 Å². The molecular weight excluding hydrogens is 228 g/mol. The molecule has 1 aromatic carbocycles. The summed E-state index contributed by atoms with van der Waals surface area (Å²) in [5.41, 5.74) is 1.59. The molecule has 0 atom stereocenters. The van der Waals surface area contributed by atoms with Crippen molar-refractivity contribution in [3.8, 4) is 0 Å². The highest BCUT2D eigenvalue weighted by molar-refractivity contribution is 6.34. The Labute approximate surface area is 98.2 Å². The highest BCUT2D eigenvalue weighted by Gasteiger charge is 2.26. The topological polar surface area (TPSA) is 49.4 Å². The van der Waals surface area contributed by atoms with Crippen LogP contribution >= 0.6 is 11.6 Å². The molecule has 2 rings (SSSR count). The molecule has 1 fully saturated rings. The van der Waals surface area contributed by atoms with E-state index in [0.717, 1.165) is 5.56 Å². The lowest BCUT2D eigenvalue weighted by Crippen LogP contribution is -2.49. The summed E-state index contributed by atoms with van der Waals surface area (Å²) in [4.78, 5) is 24.2. The van der Waals surface area contributed by atoms with Crippen molar-refractivity contribution in [1.29, 1.82) is 0 Å². The van der Waals surface area contributed by atoms with Gasteiger partial charge in [-0.05, 0) is 18.6 Å². The third-order valence-corrected chi connectivity index (χ3v) is 2.82. The molecule has 0 aliphatic carbocycles. The fourth-order valence-corrected chi connectivity index (χ4v) is 2.07. The number of rotatable bonds is 1. The second kappa shape index (κ2) is 4.14. The summed E-state index contributed by atoms with van der Waals surface area (Å²) in [7, 11) is 0. The molecule has 0 radical (unpaired) electrons. The van der Waals surface area contributed by atoms with Gasteiger partial charge in [0.1, 0.15) is 0 Å². The smallest absolute Gasteiger partial charge is 0.292 e. The van der Waals surface area contributed by atoms with Gasteiger partial charge >= 0.3 is 6.03 Å². The molecule has 1 aromatic rings. The Morgan fingerprint density at radius 2 is 2.12 bits per heavy atom. The number of imide groups is 1. The van der Waals surface area contributed by atoms with E-state index in [4.69, 9.17) is 11.6 Å². The quantitative estimate of drug-likeness (QED) is 0.815. The monoisotopic (exact) mass is 238 g/mol. The minimum absolute atomic E-state index is 0.244. The van der Waals surface area contributed by atoms with Crippen LogP contribution < -0.4 is 10.2 Å². The van der Waals surface area contributed by atoms with E-state index in [2.05, 4.69) is 5.32 Å². The predicted molar refractivity (Wildman–Crippen MR) is 61.7 cm³/mol. The highest BCUT2D eigenvalue weighted by atomic mass is 35.5. The highest BCUT2D eigenvalue weighted by Crippen LogP contribution is 2.30. The Morgan fingerprint density at radius 3 is 2.75 bits per heavy atom. The van der Waals surface area contributed by atoms with Gasteiger partial charge < -0.3 is 0 Å². The van der Waals surface area contributed by atoms with Crippen LogP contribution in [0, 0.1) is 6.92 Å². The third kappa shape index (κ3) is 1.88. The van der Waals surface area contributed by atoms with Crippen molar-refractivity contribution in [2.75, 3.05) is 11.4 Å². The molecule has 0 spiro atoms. The van der Waals surface area contributed by atoms with Gasteiger partial charge in [-0.3, -0.25) is 15.0 Å². The van der Waals surface area contributed by atoms with Gasteiger partial charge in [0.05, 0.1) is 10.7 Å². The van der Waals surface area contributed by atoms with Crippen molar-refractivity contribution >= 4 is 29.2 Å². The number of anilines is 1.